The minimum Gasteiger partial charge on any atom is -0.480 e. The molecule has 0 aliphatic heterocycles. The molecule has 0 spiro atoms. The number of hydrogen-bond donors (Lipinski definition) is 1. The minimum absolute atomic E-state index is 0.158. The maximum Gasteiger partial charge on any atom is 0.412 e. The van der Waals surface area contributed by atoms with E-state index in [4.69, 9.17) is 14.2 Å². The number of benzene rings is 1. The van der Waals surface area contributed by atoms with E-state index in [9.17, 15) is 14.0 Å². The summed E-state index contributed by atoms with van der Waals surface area (Å²) in [6.07, 6.45) is 2.38. The average Bonchev–Trinajstić information content (AvgIpc) is 3.37. The summed E-state index contributed by atoms with van der Waals surface area (Å²) in [7, 11) is 2.72. The molecule has 1 atom stereocenters. The SMILES string of the molecule is COC(=O)c1ncc(NC(=O)O[C@H](C)COc2nc3sc(-c4cc(C)cc5nc(OC)cnc45)nc3cc2F)cn1. The van der Waals surface area contributed by atoms with Gasteiger partial charge in [0.05, 0.1) is 49.5 Å². The summed E-state index contributed by atoms with van der Waals surface area (Å²) in [5.41, 5.74) is 3.50. The molecular weight excluding hydrogens is 557 g/mol. The maximum absolute atomic E-state index is 14.8. The predicted molar refractivity (Wildman–Crippen MR) is 146 cm³/mol. The number of aryl methyl sites for hydroxylation is 1. The molecule has 1 N–H and O–H groups in total. The number of ether oxygens (including phenoxy) is 4. The topological polar surface area (TPSA) is 160 Å². The standard InChI is InChI=1S/C26H22FN7O6S/c1-12-5-15(20-17(6-12)32-19(37-3)10-28-20)23-33-18-7-16(27)22(34-24(18)41-23)39-11-13(2)40-26(36)31-14-8-29-21(30-9-14)25(35)38-4/h5-10,13H,11H2,1-4H3,(H,31,36)/t13-/m1/s1. The highest BCUT2D eigenvalue weighted by Crippen LogP contribution is 2.35. The minimum atomic E-state index is -0.822. The Labute approximate surface area is 235 Å². The van der Waals surface area contributed by atoms with Crippen LogP contribution < -0.4 is 14.8 Å². The second-order valence-electron chi connectivity index (χ2n) is 8.65. The summed E-state index contributed by atoms with van der Waals surface area (Å²) in [6, 6.07) is 5.06. The van der Waals surface area contributed by atoms with Crippen LogP contribution in [0.25, 0.3) is 32.0 Å². The number of pyridine rings is 1. The van der Waals surface area contributed by atoms with Crippen LogP contribution in [0.15, 0.2) is 36.8 Å². The molecule has 0 bridgehead atoms. The Balaban J connectivity index is 1.26. The van der Waals surface area contributed by atoms with Gasteiger partial charge in [-0.2, -0.15) is 4.98 Å². The van der Waals surface area contributed by atoms with Crippen molar-refractivity contribution in [2.45, 2.75) is 20.0 Å². The van der Waals surface area contributed by atoms with Crippen molar-refractivity contribution in [1.29, 1.82) is 0 Å². The molecule has 0 saturated heterocycles. The van der Waals surface area contributed by atoms with Gasteiger partial charge in [0.25, 0.3) is 5.88 Å². The van der Waals surface area contributed by atoms with Crippen molar-refractivity contribution in [2.75, 3.05) is 26.1 Å². The lowest BCUT2D eigenvalue weighted by atomic mass is 10.1. The van der Waals surface area contributed by atoms with Crippen LogP contribution in [0.4, 0.5) is 14.9 Å². The van der Waals surface area contributed by atoms with Crippen molar-refractivity contribution < 1.29 is 32.9 Å². The summed E-state index contributed by atoms with van der Waals surface area (Å²) < 4.78 is 35.3. The molecule has 41 heavy (non-hydrogen) atoms. The lowest BCUT2D eigenvalue weighted by Gasteiger charge is -2.14. The molecule has 210 valence electrons. The van der Waals surface area contributed by atoms with Gasteiger partial charge < -0.3 is 18.9 Å². The number of carbonyl (C=O) groups excluding carboxylic acids is 2. The number of halogens is 1. The van der Waals surface area contributed by atoms with Crippen LogP contribution in [0, 0.1) is 12.7 Å². The molecule has 1 amide bonds. The Bertz CT molecular complexity index is 1770. The summed E-state index contributed by atoms with van der Waals surface area (Å²) in [4.78, 5) is 49.4. The lowest BCUT2D eigenvalue weighted by molar-refractivity contribution is 0.0586. The molecule has 0 radical (unpaired) electrons. The van der Waals surface area contributed by atoms with Gasteiger partial charge in [-0.3, -0.25) is 5.32 Å². The second-order valence-corrected chi connectivity index (χ2v) is 9.63. The summed E-state index contributed by atoms with van der Waals surface area (Å²) in [5.74, 6) is -1.45. The van der Waals surface area contributed by atoms with Crippen molar-refractivity contribution in [2.24, 2.45) is 0 Å². The first kappa shape index (κ1) is 27.5. The van der Waals surface area contributed by atoms with E-state index in [1.165, 1.54) is 50.2 Å². The fourth-order valence-electron chi connectivity index (χ4n) is 3.70. The molecule has 0 unspecified atom stereocenters. The van der Waals surface area contributed by atoms with Gasteiger partial charge in [-0.15, -0.1) is 0 Å². The van der Waals surface area contributed by atoms with Crippen molar-refractivity contribution >= 4 is 50.5 Å². The Kier molecular flexibility index (Phi) is 7.78. The number of fused-ring (bicyclic) bond motifs is 2. The number of methoxy groups -OCH3 is 2. The molecule has 4 aromatic heterocycles. The Morgan fingerprint density at radius 1 is 1.02 bits per heavy atom. The number of amides is 1. The smallest absolute Gasteiger partial charge is 0.412 e. The van der Waals surface area contributed by atoms with Gasteiger partial charge in [-0.25, -0.2) is 38.9 Å². The lowest BCUT2D eigenvalue weighted by Crippen LogP contribution is -2.25. The van der Waals surface area contributed by atoms with Crippen LogP contribution in [0.2, 0.25) is 0 Å². The van der Waals surface area contributed by atoms with Gasteiger partial charge in [0.1, 0.15) is 28.1 Å². The predicted octanol–water partition coefficient (Wildman–Crippen LogP) is 4.35. The number of nitrogens with one attached hydrogen (secondary N) is 1. The summed E-state index contributed by atoms with van der Waals surface area (Å²) >= 11 is 1.25. The van der Waals surface area contributed by atoms with Crippen molar-refractivity contribution in [3.63, 3.8) is 0 Å². The van der Waals surface area contributed by atoms with E-state index >= 15 is 0 Å². The first-order chi connectivity index (χ1) is 19.7. The first-order valence-electron chi connectivity index (χ1n) is 12.0. The number of hydrogen-bond acceptors (Lipinski definition) is 13. The Hall–Kier alpha value is -5.05. The maximum atomic E-state index is 14.8. The largest absolute Gasteiger partial charge is 0.480 e. The van der Waals surface area contributed by atoms with Crippen LogP contribution in [0.1, 0.15) is 23.1 Å². The van der Waals surface area contributed by atoms with Crippen molar-refractivity contribution in [3.05, 3.63) is 54.0 Å². The molecule has 0 fully saturated rings. The molecule has 0 aliphatic rings. The molecule has 4 heterocycles. The van der Waals surface area contributed by atoms with E-state index in [0.29, 0.717) is 32.3 Å². The number of rotatable bonds is 8. The van der Waals surface area contributed by atoms with Crippen LogP contribution in [0.5, 0.6) is 11.8 Å². The summed E-state index contributed by atoms with van der Waals surface area (Å²) in [6.45, 7) is 3.32. The van der Waals surface area contributed by atoms with E-state index in [1.54, 1.807) is 6.92 Å². The fraction of sp³-hybridized carbons (Fsp3) is 0.231. The van der Waals surface area contributed by atoms with Crippen LogP contribution in [-0.2, 0) is 9.47 Å². The third kappa shape index (κ3) is 6.09. The van der Waals surface area contributed by atoms with Crippen molar-refractivity contribution in [1.82, 2.24) is 29.9 Å². The number of carbonyl (C=O) groups is 2. The van der Waals surface area contributed by atoms with Crippen LogP contribution in [0.3, 0.4) is 0 Å². The highest BCUT2D eigenvalue weighted by molar-refractivity contribution is 7.21. The molecular formula is C26H22FN7O6S. The second kappa shape index (κ2) is 11.6. The molecule has 1 aromatic carbocycles. The quantitative estimate of drug-likeness (QED) is 0.259. The highest BCUT2D eigenvalue weighted by atomic mass is 32.1. The van der Waals surface area contributed by atoms with Crippen LogP contribution >= 0.6 is 11.3 Å². The third-order valence-electron chi connectivity index (χ3n) is 5.54. The zero-order chi connectivity index (χ0) is 29.1. The average molecular weight is 580 g/mol. The van der Waals surface area contributed by atoms with E-state index < -0.39 is 24.0 Å². The number of aromatic nitrogens is 6. The molecule has 0 aliphatic carbocycles. The molecule has 5 aromatic rings. The van der Waals surface area contributed by atoms with Gasteiger partial charge >= 0.3 is 12.1 Å². The van der Waals surface area contributed by atoms with Gasteiger partial charge in [0, 0.05) is 11.6 Å². The highest BCUT2D eigenvalue weighted by Gasteiger charge is 2.18. The molecule has 0 saturated carbocycles. The van der Waals surface area contributed by atoms with Gasteiger partial charge in [0.2, 0.25) is 11.7 Å². The molecule has 5 rings (SSSR count). The first-order valence-corrected chi connectivity index (χ1v) is 12.9. The Morgan fingerprint density at radius 3 is 2.54 bits per heavy atom. The number of thiazole rings is 1. The van der Waals surface area contributed by atoms with Gasteiger partial charge in [0.15, 0.2) is 5.82 Å². The number of anilines is 1. The zero-order valence-electron chi connectivity index (χ0n) is 22.2. The number of esters is 1. The Morgan fingerprint density at radius 2 is 1.80 bits per heavy atom. The van der Waals surface area contributed by atoms with Gasteiger partial charge in [-0.05, 0) is 31.5 Å². The molecule has 15 heteroatoms. The van der Waals surface area contributed by atoms with E-state index in [-0.39, 0.29) is 24.0 Å². The fourth-order valence-corrected chi connectivity index (χ4v) is 4.63. The van der Waals surface area contributed by atoms with E-state index in [2.05, 4.69) is 40.0 Å². The monoisotopic (exact) mass is 579 g/mol. The zero-order valence-corrected chi connectivity index (χ0v) is 23.0. The normalized spacial score (nSPS) is 11.7. The van der Waals surface area contributed by atoms with E-state index in [1.807, 2.05) is 19.1 Å². The summed E-state index contributed by atoms with van der Waals surface area (Å²) in [5, 5.41) is 3.02. The van der Waals surface area contributed by atoms with Gasteiger partial charge in [-0.1, -0.05) is 11.3 Å². The third-order valence-corrected chi connectivity index (χ3v) is 6.54. The van der Waals surface area contributed by atoms with E-state index in [0.717, 1.165) is 11.1 Å². The van der Waals surface area contributed by atoms with Crippen molar-refractivity contribution in [3.8, 4) is 22.3 Å². The number of nitrogens with zero attached hydrogens (tertiary/aromatic N) is 6. The van der Waals surface area contributed by atoms with Crippen LogP contribution in [-0.4, -0.2) is 68.9 Å². The molecule has 13 nitrogen and oxygen atoms in total.